The lowest BCUT2D eigenvalue weighted by atomic mass is 9.94. The monoisotopic (exact) mass is 342 g/mol. The number of anilines is 1. The fourth-order valence-electron chi connectivity index (χ4n) is 4.23. The van der Waals surface area contributed by atoms with E-state index in [0.717, 1.165) is 31.2 Å². The molecule has 25 heavy (non-hydrogen) atoms. The van der Waals surface area contributed by atoms with Crippen molar-refractivity contribution in [3.05, 3.63) is 47.3 Å². The molecular weight excluding hydrogens is 314 g/mol. The van der Waals surface area contributed by atoms with Gasteiger partial charge in [-0.2, -0.15) is 0 Å². The fourth-order valence-corrected chi connectivity index (χ4v) is 4.23. The number of hydrogen-bond acceptors (Lipinski definition) is 4. The van der Waals surface area contributed by atoms with Crippen molar-refractivity contribution in [3.8, 4) is 0 Å². The van der Waals surface area contributed by atoms with Gasteiger partial charge in [-0.3, -0.25) is 0 Å². The molecule has 2 fully saturated rings. The molecule has 4 rings (SSSR count). The highest BCUT2D eigenvalue weighted by Gasteiger charge is 2.45. The predicted molar refractivity (Wildman–Crippen MR) is 97.5 cm³/mol. The average Bonchev–Trinajstić information content (AvgIpc) is 3.00. The first-order valence-corrected chi connectivity index (χ1v) is 9.29. The predicted octanol–water partition coefficient (Wildman–Crippen LogP) is 2.77. The van der Waals surface area contributed by atoms with Crippen LogP contribution in [0.25, 0.3) is 0 Å². The summed E-state index contributed by atoms with van der Waals surface area (Å²) in [6.45, 7) is 12.8. The minimum Gasteiger partial charge on any atom is -0.374 e. The van der Waals surface area contributed by atoms with E-state index in [1.165, 1.54) is 41.9 Å². The first-order valence-electron chi connectivity index (χ1n) is 9.29. The molecule has 5 nitrogen and oxygen atoms in total. The summed E-state index contributed by atoms with van der Waals surface area (Å²) in [5, 5.41) is 3.97. The zero-order valence-corrected chi connectivity index (χ0v) is 15.3. The maximum atomic E-state index is 5.83. The zero-order valence-electron chi connectivity index (χ0n) is 15.3. The molecule has 0 amide bonds. The first-order chi connectivity index (χ1) is 12.1. The van der Waals surface area contributed by atoms with Crippen LogP contribution in [0, 0.1) is 19.8 Å². The number of aromatic nitrogens is 1. The van der Waals surface area contributed by atoms with Crippen molar-refractivity contribution in [2.24, 2.45) is 5.92 Å². The van der Waals surface area contributed by atoms with Crippen molar-refractivity contribution in [1.29, 1.82) is 0 Å². The third-order valence-corrected chi connectivity index (χ3v) is 5.66. The van der Waals surface area contributed by atoms with Crippen molar-refractivity contribution < 1.29 is 13.7 Å². The lowest BCUT2D eigenvalue weighted by molar-refractivity contribution is -0.974. The fraction of sp³-hybridized carbons (Fsp3) is 0.550. The van der Waals surface area contributed by atoms with E-state index in [1.54, 1.807) is 0 Å². The van der Waals surface area contributed by atoms with Gasteiger partial charge in [-0.25, -0.2) is 0 Å². The standard InChI is InChI=1S/C20H28N3O2/c1-16-3-5-20(6-4-16)22-7-9-23(10-8-22)12-18(13-23)14-24-15-19-11-17(2)25-21-19/h3-6,11,18H,7-10,12-15H2,1-2H3/q+1. The van der Waals surface area contributed by atoms with Gasteiger partial charge in [-0.05, 0) is 26.0 Å². The van der Waals surface area contributed by atoms with Gasteiger partial charge in [0.05, 0.1) is 58.4 Å². The van der Waals surface area contributed by atoms with Gasteiger partial charge in [-0.15, -0.1) is 0 Å². The Balaban J connectivity index is 1.19. The Labute approximate surface area is 149 Å². The van der Waals surface area contributed by atoms with E-state index in [9.17, 15) is 0 Å². The molecule has 1 aromatic carbocycles. The number of aryl methyl sites for hydroxylation is 2. The Hall–Kier alpha value is -1.85. The molecule has 0 saturated carbocycles. The van der Waals surface area contributed by atoms with Crippen LogP contribution in [0.2, 0.25) is 0 Å². The second-order valence-corrected chi connectivity index (χ2v) is 7.79. The molecule has 2 saturated heterocycles. The van der Waals surface area contributed by atoms with Gasteiger partial charge in [0.1, 0.15) is 11.5 Å². The molecule has 0 unspecified atom stereocenters. The molecule has 134 valence electrons. The van der Waals surface area contributed by atoms with Crippen molar-refractivity contribution in [2.75, 3.05) is 50.8 Å². The van der Waals surface area contributed by atoms with Gasteiger partial charge in [0.2, 0.25) is 0 Å². The average molecular weight is 342 g/mol. The highest BCUT2D eigenvalue weighted by atomic mass is 16.5. The molecule has 2 aliphatic rings. The van der Waals surface area contributed by atoms with Crippen molar-refractivity contribution in [3.63, 3.8) is 0 Å². The molecule has 2 aromatic rings. The number of piperazine rings is 1. The number of hydrogen-bond donors (Lipinski definition) is 0. The number of ether oxygens (including phenoxy) is 1. The van der Waals surface area contributed by atoms with Gasteiger partial charge in [0.25, 0.3) is 0 Å². The molecular formula is C20H28N3O2+. The normalized spacial score (nSPS) is 20.0. The van der Waals surface area contributed by atoms with Gasteiger partial charge in [0, 0.05) is 11.8 Å². The summed E-state index contributed by atoms with van der Waals surface area (Å²) in [5.74, 6) is 1.54. The van der Waals surface area contributed by atoms with Crippen LogP contribution in [0.4, 0.5) is 5.69 Å². The highest BCUT2D eigenvalue weighted by molar-refractivity contribution is 5.47. The van der Waals surface area contributed by atoms with Crippen LogP contribution < -0.4 is 4.90 Å². The molecule has 0 bridgehead atoms. The van der Waals surface area contributed by atoms with Crippen molar-refractivity contribution in [2.45, 2.75) is 20.5 Å². The Morgan fingerprint density at radius 1 is 1.16 bits per heavy atom. The van der Waals surface area contributed by atoms with Gasteiger partial charge < -0.3 is 18.6 Å². The molecule has 1 spiro atoms. The second-order valence-electron chi connectivity index (χ2n) is 7.79. The van der Waals surface area contributed by atoms with Crippen LogP contribution >= 0.6 is 0 Å². The van der Waals surface area contributed by atoms with Crippen molar-refractivity contribution >= 4 is 5.69 Å². The second kappa shape index (κ2) is 6.81. The molecule has 0 radical (unpaired) electrons. The molecule has 3 heterocycles. The summed E-state index contributed by atoms with van der Waals surface area (Å²) >= 11 is 0. The van der Waals surface area contributed by atoms with E-state index in [2.05, 4.69) is 41.2 Å². The van der Waals surface area contributed by atoms with E-state index in [-0.39, 0.29) is 0 Å². The van der Waals surface area contributed by atoms with Gasteiger partial charge in [-0.1, -0.05) is 22.9 Å². The third-order valence-electron chi connectivity index (χ3n) is 5.66. The Bertz CT molecular complexity index is 694. The summed E-state index contributed by atoms with van der Waals surface area (Å²) in [6.07, 6.45) is 0. The van der Waals surface area contributed by atoms with E-state index in [4.69, 9.17) is 9.26 Å². The number of benzene rings is 1. The first kappa shape index (κ1) is 16.6. The molecule has 5 heteroatoms. The largest absolute Gasteiger partial charge is 0.374 e. The minimum absolute atomic E-state index is 0.565. The van der Waals surface area contributed by atoms with Crippen LogP contribution in [0.5, 0.6) is 0 Å². The smallest absolute Gasteiger partial charge is 0.134 e. The lowest BCUT2D eigenvalue weighted by Gasteiger charge is -2.54. The van der Waals surface area contributed by atoms with Gasteiger partial charge in [0.15, 0.2) is 0 Å². The van der Waals surface area contributed by atoms with E-state index in [1.807, 2.05) is 13.0 Å². The molecule has 0 N–H and O–H groups in total. The Kier molecular flexibility index (Phi) is 4.52. The summed E-state index contributed by atoms with van der Waals surface area (Å²) in [5.41, 5.74) is 3.59. The van der Waals surface area contributed by atoms with Crippen LogP contribution in [-0.2, 0) is 11.3 Å². The number of nitrogens with zero attached hydrogens (tertiary/aromatic N) is 3. The number of quaternary nitrogens is 1. The summed E-state index contributed by atoms with van der Waals surface area (Å²) in [4.78, 5) is 2.53. The van der Waals surface area contributed by atoms with Crippen LogP contribution in [0.1, 0.15) is 17.0 Å². The van der Waals surface area contributed by atoms with Crippen LogP contribution in [0.3, 0.4) is 0 Å². The molecule has 2 aliphatic heterocycles. The minimum atomic E-state index is 0.565. The number of rotatable bonds is 5. The highest BCUT2D eigenvalue weighted by Crippen LogP contribution is 2.30. The van der Waals surface area contributed by atoms with E-state index in [0.29, 0.717) is 12.5 Å². The third kappa shape index (κ3) is 3.72. The Morgan fingerprint density at radius 3 is 2.52 bits per heavy atom. The summed E-state index contributed by atoms with van der Waals surface area (Å²) < 4.78 is 12.2. The topological polar surface area (TPSA) is 38.5 Å². The van der Waals surface area contributed by atoms with E-state index < -0.39 is 0 Å². The SMILES string of the molecule is Cc1ccc(N2CC[N+]3(CC2)CC(COCc2cc(C)on2)C3)cc1. The summed E-state index contributed by atoms with van der Waals surface area (Å²) in [7, 11) is 0. The maximum absolute atomic E-state index is 5.83. The van der Waals surface area contributed by atoms with Crippen LogP contribution in [-0.4, -0.2) is 55.5 Å². The quantitative estimate of drug-likeness (QED) is 0.783. The van der Waals surface area contributed by atoms with Crippen LogP contribution in [0.15, 0.2) is 34.9 Å². The zero-order chi connectivity index (χ0) is 17.3. The molecule has 0 aliphatic carbocycles. The Morgan fingerprint density at radius 2 is 1.88 bits per heavy atom. The lowest BCUT2D eigenvalue weighted by Crippen LogP contribution is -2.70. The maximum Gasteiger partial charge on any atom is 0.134 e. The van der Waals surface area contributed by atoms with Gasteiger partial charge >= 0.3 is 0 Å². The van der Waals surface area contributed by atoms with Crippen molar-refractivity contribution in [1.82, 2.24) is 5.16 Å². The molecule has 0 atom stereocenters. The molecule has 1 aromatic heterocycles. The summed E-state index contributed by atoms with van der Waals surface area (Å²) in [6, 6.07) is 10.9. The van der Waals surface area contributed by atoms with E-state index >= 15 is 0 Å².